The standard InChI is InChI=1S/C13H22O/c1-2-3-10-4-5-12-9-13(14)7-6-11(12)8-10/h10,13-14H,2-9H2,1H3. The molecule has 0 aliphatic heterocycles. The van der Waals surface area contributed by atoms with Crippen LogP contribution >= 0.6 is 0 Å². The molecule has 2 aliphatic carbocycles. The predicted molar refractivity (Wildman–Crippen MR) is 59.1 cm³/mol. The number of aliphatic hydroxyl groups excluding tert-OH is 1. The molecule has 0 bridgehead atoms. The molecule has 0 radical (unpaired) electrons. The first kappa shape index (κ1) is 10.2. The smallest absolute Gasteiger partial charge is 0.0580 e. The van der Waals surface area contributed by atoms with E-state index >= 15 is 0 Å². The van der Waals surface area contributed by atoms with Gasteiger partial charge in [0.25, 0.3) is 0 Å². The van der Waals surface area contributed by atoms with Crippen LogP contribution in [0.15, 0.2) is 11.1 Å². The van der Waals surface area contributed by atoms with Gasteiger partial charge in [0.2, 0.25) is 0 Å². The number of rotatable bonds is 2. The van der Waals surface area contributed by atoms with Crippen LogP contribution in [0.4, 0.5) is 0 Å². The van der Waals surface area contributed by atoms with E-state index in [9.17, 15) is 5.11 Å². The second-order valence-electron chi connectivity index (χ2n) is 5.00. The van der Waals surface area contributed by atoms with Gasteiger partial charge in [0, 0.05) is 0 Å². The highest BCUT2D eigenvalue weighted by Gasteiger charge is 2.25. The van der Waals surface area contributed by atoms with Gasteiger partial charge in [-0.3, -0.25) is 0 Å². The van der Waals surface area contributed by atoms with Gasteiger partial charge in [-0.15, -0.1) is 0 Å². The highest BCUT2D eigenvalue weighted by atomic mass is 16.3. The quantitative estimate of drug-likeness (QED) is 0.668. The van der Waals surface area contributed by atoms with Crippen LogP contribution in [0.5, 0.6) is 0 Å². The summed E-state index contributed by atoms with van der Waals surface area (Å²) in [6.07, 6.45) is 9.86. The molecule has 80 valence electrons. The summed E-state index contributed by atoms with van der Waals surface area (Å²) in [6, 6.07) is 0. The third kappa shape index (κ3) is 2.20. The van der Waals surface area contributed by atoms with Crippen molar-refractivity contribution in [2.24, 2.45) is 5.92 Å². The molecule has 0 saturated carbocycles. The number of hydrogen-bond donors (Lipinski definition) is 1. The average Bonchev–Trinajstić information content (AvgIpc) is 2.19. The van der Waals surface area contributed by atoms with E-state index < -0.39 is 0 Å². The first-order valence-electron chi connectivity index (χ1n) is 6.17. The summed E-state index contributed by atoms with van der Waals surface area (Å²) < 4.78 is 0. The van der Waals surface area contributed by atoms with E-state index in [1.54, 1.807) is 11.1 Å². The third-order valence-corrected chi connectivity index (χ3v) is 3.85. The summed E-state index contributed by atoms with van der Waals surface area (Å²) in [6.45, 7) is 2.29. The first-order chi connectivity index (χ1) is 6.79. The van der Waals surface area contributed by atoms with Crippen LogP contribution in [0.2, 0.25) is 0 Å². The van der Waals surface area contributed by atoms with Crippen LogP contribution in [0.1, 0.15) is 58.3 Å². The number of allylic oxidation sites excluding steroid dienone is 1. The molecular weight excluding hydrogens is 172 g/mol. The number of hydrogen-bond acceptors (Lipinski definition) is 1. The molecule has 0 amide bonds. The van der Waals surface area contributed by atoms with Gasteiger partial charge in [0.1, 0.15) is 0 Å². The first-order valence-corrected chi connectivity index (χ1v) is 6.17. The summed E-state index contributed by atoms with van der Waals surface area (Å²) in [7, 11) is 0. The van der Waals surface area contributed by atoms with Gasteiger partial charge in [0.05, 0.1) is 6.10 Å². The SMILES string of the molecule is CCCC1CCC2=C(CCC(O)C2)C1. The van der Waals surface area contributed by atoms with Crippen molar-refractivity contribution in [3.8, 4) is 0 Å². The van der Waals surface area contributed by atoms with Gasteiger partial charge in [0.15, 0.2) is 0 Å². The fourth-order valence-corrected chi connectivity index (χ4v) is 3.06. The van der Waals surface area contributed by atoms with Gasteiger partial charge >= 0.3 is 0 Å². The summed E-state index contributed by atoms with van der Waals surface area (Å²) in [5, 5.41) is 9.58. The summed E-state index contributed by atoms with van der Waals surface area (Å²) in [5.41, 5.74) is 3.32. The Morgan fingerprint density at radius 3 is 2.64 bits per heavy atom. The zero-order chi connectivity index (χ0) is 9.97. The fourth-order valence-electron chi connectivity index (χ4n) is 3.06. The maximum atomic E-state index is 9.58. The lowest BCUT2D eigenvalue weighted by atomic mass is 9.75. The second kappa shape index (κ2) is 4.48. The van der Waals surface area contributed by atoms with Crippen molar-refractivity contribution in [1.29, 1.82) is 0 Å². The van der Waals surface area contributed by atoms with E-state index in [2.05, 4.69) is 6.92 Å². The molecule has 0 aromatic rings. The maximum Gasteiger partial charge on any atom is 0.0580 e. The highest BCUT2D eigenvalue weighted by molar-refractivity contribution is 5.21. The van der Waals surface area contributed by atoms with E-state index in [0.717, 1.165) is 18.8 Å². The minimum Gasteiger partial charge on any atom is -0.393 e. The molecule has 2 unspecified atom stereocenters. The lowest BCUT2D eigenvalue weighted by Gasteiger charge is -2.32. The highest BCUT2D eigenvalue weighted by Crippen LogP contribution is 2.39. The molecular formula is C13H22O. The maximum absolute atomic E-state index is 9.58. The Balaban J connectivity index is 1.98. The minimum atomic E-state index is -0.0310. The monoisotopic (exact) mass is 194 g/mol. The van der Waals surface area contributed by atoms with Crippen molar-refractivity contribution in [2.45, 2.75) is 64.4 Å². The predicted octanol–water partition coefficient (Wildman–Crippen LogP) is 3.43. The molecule has 2 rings (SSSR count). The van der Waals surface area contributed by atoms with Crippen molar-refractivity contribution in [2.75, 3.05) is 0 Å². The normalized spacial score (nSPS) is 33.0. The zero-order valence-corrected chi connectivity index (χ0v) is 9.26. The van der Waals surface area contributed by atoms with Crippen LogP contribution in [-0.4, -0.2) is 11.2 Å². The Bertz CT molecular complexity index is 229. The van der Waals surface area contributed by atoms with E-state index in [4.69, 9.17) is 0 Å². The van der Waals surface area contributed by atoms with Crippen molar-refractivity contribution < 1.29 is 5.11 Å². The van der Waals surface area contributed by atoms with E-state index in [0.29, 0.717) is 0 Å². The molecule has 0 aromatic heterocycles. The molecule has 0 spiro atoms. The third-order valence-electron chi connectivity index (χ3n) is 3.85. The molecule has 2 aliphatic rings. The van der Waals surface area contributed by atoms with Crippen LogP contribution in [0.3, 0.4) is 0 Å². The van der Waals surface area contributed by atoms with E-state index in [1.807, 2.05) is 0 Å². The van der Waals surface area contributed by atoms with Gasteiger partial charge in [-0.1, -0.05) is 30.9 Å². The largest absolute Gasteiger partial charge is 0.393 e. The fraction of sp³-hybridized carbons (Fsp3) is 0.846. The van der Waals surface area contributed by atoms with Gasteiger partial charge in [-0.05, 0) is 44.4 Å². The second-order valence-corrected chi connectivity index (χ2v) is 5.00. The molecule has 14 heavy (non-hydrogen) atoms. The Kier molecular flexibility index (Phi) is 3.27. The molecule has 2 atom stereocenters. The molecule has 1 nitrogen and oxygen atoms in total. The van der Waals surface area contributed by atoms with Gasteiger partial charge in [-0.25, -0.2) is 0 Å². The van der Waals surface area contributed by atoms with Crippen LogP contribution < -0.4 is 0 Å². The van der Waals surface area contributed by atoms with Crippen molar-refractivity contribution in [1.82, 2.24) is 0 Å². The van der Waals surface area contributed by atoms with Gasteiger partial charge < -0.3 is 5.11 Å². The molecule has 0 heterocycles. The zero-order valence-electron chi connectivity index (χ0n) is 9.26. The summed E-state index contributed by atoms with van der Waals surface area (Å²) in [4.78, 5) is 0. The van der Waals surface area contributed by atoms with Gasteiger partial charge in [-0.2, -0.15) is 0 Å². The molecule has 1 heteroatoms. The van der Waals surface area contributed by atoms with E-state index in [-0.39, 0.29) is 6.10 Å². The van der Waals surface area contributed by atoms with Crippen molar-refractivity contribution in [3.63, 3.8) is 0 Å². The van der Waals surface area contributed by atoms with E-state index in [1.165, 1.54) is 38.5 Å². The van der Waals surface area contributed by atoms with Crippen molar-refractivity contribution in [3.05, 3.63) is 11.1 Å². The Morgan fingerprint density at radius 2 is 1.86 bits per heavy atom. The van der Waals surface area contributed by atoms with Crippen molar-refractivity contribution >= 4 is 0 Å². The molecule has 0 aromatic carbocycles. The van der Waals surface area contributed by atoms with Crippen LogP contribution in [-0.2, 0) is 0 Å². The minimum absolute atomic E-state index is 0.0310. The molecule has 0 saturated heterocycles. The number of aliphatic hydroxyl groups is 1. The lowest BCUT2D eigenvalue weighted by molar-refractivity contribution is 0.152. The summed E-state index contributed by atoms with van der Waals surface area (Å²) in [5.74, 6) is 0.953. The Labute approximate surface area is 87.2 Å². The topological polar surface area (TPSA) is 20.2 Å². The van der Waals surface area contributed by atoms with Crippen LogP contribution in [0.25, 0.3) is 0 Å². The lowest BCUT2D eigenvalue weighted by Crippen LogP contribution is -2.20. The summed E-state index contributed by atoms with van der Waals surface area (Å²) >= 11 is 0. The molecule has 1 N–H and O–H groups in total. The Hall–Kier alpha value is -0.300. The van der Waals surface area contributed by atoms with Crippen LogP contribution in [0, 0.1) is 5.92 Å². The molecule has 0 fully saturated rings. The Morgan fingerprint density at radius 1 is 1.14 bits per heavy atom. The average molecular weight is 194 g/mol.